The van der Waals surface area contributed by atoms with Crippen molar-refractivity contribution < 1.29 is 110 Å². The summed E-state index contributed by atoms with van der Waals surface area (Å²) in [5.74, 6) is -2.83. The number of hydrogen-bond acceptors (Lipinski definition) is 31. The summed E-state index contributed by atoms with van der Waals surface area (Å²) >= 11 is 0. The number of ether oxygens (including phenoxy) is 11. The second-order valence-corrected chi connectivity index (χ2v) is 23.5. The lowest BCUT2D eigenvalue weighted by molar-refractivity contribution is -0.383. The topological polar surface area (TPSA) is 481 Å². The normalized spacial score (nSPS) is 11.8. The molecule has 4 unspecified atom stereocenters. The van der Waals surface area contributed by atoms with Crippen LogP contribution in [-0.2, 0) is 63.6 Å². The number of rotatable bonds is 29. The van der Waals surface area contributed by atoms with E-state index in [1.54, 1.807) is 42.5 Å². The molecule has 9 aromatic rings. The minimum absolute atomic E-state index is 0.0382. The summed E-state index contributed by atoms with van der Waals surface area (Å²) in [5, 5.41) is 48.1. The number of non-ortho nitro benzene ring substituents is 4. The van der Waals surface area contributed by atoms with E-state index in [9.17, 15) is 78.8 Å². The van der Waals surface area contributed by atoms with Crippen molar-refractivity contribution in [3.8, 4) is 23.0 Å². The number of benzene rings is 5. The molecule has 0 aliphatic rings. The Morgan fingerprint density at radius 3 is 1.24 bits per heavy atom. The van der Waals surface area contributed by atoms with Gasteiger partial charge in [0.1, 0.15) is 57.9 Å². The summed E-state index contributed by atoms with van der Waals surface area (Å²) in [5.41, 5.74) is 1.38. The molecular weight excluding hydrogens is 1460 g/mol. The van der Waals surface area contributed by atoms with E-state index in [4.69, 9.17) is 47.4 Å². The molecule has 38 nitrogen and oxygen atoms in total. The minimum atomic E-state index is -0.943. The van der Waals surface area contributed by atoms with Gasteiger partial charge in [0.05, 0.1) is 82.0 Å². The van der Waals surface area contributed by atoms with Crippen molar-refractivity contribution in [2.75, 3.05) is 69.5 Å². The number of nitro benzene ring substituents is 4. The highest BCUT2D eigenvalue weighted by Gasteiger charge is 2.34. The Hall–Kier alpha value is -14.1. The Balaban J connectivity index is 0.000000232. The summed E-state index contributed by atoms with van der Waals surface area (Å²) in [6, 6.07) is 30.4. The van der Waals surface area contributed by atoms with Crippen LogP contribution < -0.4 is 24.3 Å². The van der Waals surface area contributed by atoms with Gasteiger partial charge in [-0.2, -0.15) is 0 Å². The van der Waals surface area contributed by atoms with Gasteiger partial charge in [-0.1, -0.05) is 70.9 Å². The van der Waals surface area contributed by atoms with Crippen molar-refractivity contribution in [2.24, 2.45) is 17.8 Å². The van der Waals surface area contributed by atoms with Gasteiger partial charge in [0.2, 0.25) is 20.4 Å². The second-order valence-electron chi connectivity index (χ2n) is 23.5. The maximum atomic E-state index is 12.3. The second kappa shape index (κ2) is 42.3. The van der Waals surface area contributed by atoms with Gasteiger partial charge in [-0.05, 0) is 90.2 Å². The van der Waals surface area contributed by atoms with Gasteiger partial charge in [-0.25, -0.2) is 24.0 Å². The van der Waals surface area contributed by atoms with Gasteiger partial charge in [-0.3, -0.25) is 84.6 Å². The third kappa shape index (κ3) is 23.9. The third-order valence-electron chi connectivity index (χ3n) is 16.6. The van der Waals surface area contributed by atoms with Crippen LogP contribution in [0.5, 0.6) is 23.0 Å². The molecule has 4 heterocycles. The number of nitrogens with zero attached hydrogens (tertiary/aromatic N) is 10. The number of carbonyl (C=O) groups is 8. The van der Waals surface area contributed by atoms with Crippen molar-refractivity contribution in [1.29, 1.82) is 0 Å². The van der Waals surface area contributed by atoms with E-state index in [1.165, 1.54) is 122 Å². The zero-order valence-electron chi connectivity index (χ0n) is 61.5. The maximum Gasteiger partial charge on any atom is 0.415 e. The fourth-order valence-electron chi connectivity index (χ4n) is 10.4. The van der Waals surface area contributed by atoms with Crippen molar-refractivity contribution in [3.05, 3.63) is 198 Å². The Labute approximate surface area is 631 Å². The Morgan fingerprint density at radius 2 is 0.847 bits per heavy atom. The average Bonchev–Trinajstić information content (AvgIpc) is 0.888. The Bertz CT molecular complexity index is 4820. The van der Waals surface area contributed by atoms with E-state index in [-0.39, 0.29) is 98.9 Å². The van der Waals surface area contributed by atoms with Crippen LogP contribution in [0.25, 0.3) is 43.6 Å². The molecule has 0 saturated heterocycles. The molecule has 0 aliphatic carbocycles. The van der Waals surface area contributed by atoms with E-state index >= 15 is 0 Å². The molecule has 0 radical (unpaired) electrons. The summed E-state index contributed by atoms with van der Waals surface area (Å²) < 4.78 is 55.4. The van der Waals surface area contributed by atoms with Gasteiger partial charge in [-0.15, -0.1) is 0 Å². The number of hydrogen-bond donors (Lipinski definition) is 1. The van der Waals surface area contributed by atoms with Gasteiger partial charge in [0.25, 0.3) is 22.7 Å². The van der Waals surface area contributed by atoms with Crippen molar-refractivity contribution >= 4 is 114 Å². The first-order valence-electron chi connectivity index (χ1n) is 33.4. The summed E-state index contributed by atoms with van der Waals surface area (Å²) in [6.07, 6.45) is 4.88. The number of alkyl carbamates (subject to hydrolysis) is 1. The molecule has 0 aliphatic heterocycles. The number of aromatic nitrogens is 4. The lowest BCUT2D eigenvalue weighted by atomic mass is 9.89. The van der Waals surface area contributed by atoms with Crippen LogP contribution in [0.15, 0.2) is 152 Å². The molecule has 0 saturated carbocycles. The van der Waals surface area contributed by atoms with Crippen LogP contribution in [0.3, 0.4) is 0 Å². The molecule has 4 aromatic heterocycles. The van der Waals surface area contributed by atoms with Gasteiger partial charge >= 0.3 is 48.1 Å². The van der Waals surface area contributed by atoms with Crippen molar-refractivity contribution in [1.82, 2.24) is 35.1 Å². The smallest absolute Gasteiger partial charge is 0.415 e. The zero-order valence-corrected chi connectivity index (χ0v) is 61.5. The van der Waals surface area contributed by atoms with Crippen LogP contribution in [0.4, 0.5) is 37.1 Å². The highest BCUT2D eigenvalue weighted by molar-refractivity contribution is 5.96. The van der Waals surface area contributed by atoms with Crippen LogP contribution in [0.1, 0.15) is 52.5 Å². The maximum absolute atomic E-state index is 12.3. The predicted octanol–water partition coefficient (Wildman–Crippen LogP) is 11.1. The van der Waals surface area contributed by atoms with Crippen LogP contribution in [0, 0.1) is 58.2 Å². The van der Waals surface area contributed by atoms with E-state index < -0.39 is 106 Å². The van der Waals surface area contributed by atoms with Gasteiger partial charge in [0.15, 0.2) is 5.75 Å². The van der Waals surface area contributed by atoms with E-state index in [0.29, 0.717) is 34.5 Å². The number of esters is 5. The number of carbonyl (C=O) groups excluding carboxylic acids is 8. The number of fused-ring (bicyclic) bond motifs is 4. The molecular formula is C73H77N11O27. The molecule has 111 heavy (non-hydrogen) atoms. The molecule has 5 atom stereocenters. The standard InChI is InChI=1S/C21H19N3O7.C19H23N3O7.C19H22N2O7.C14H13N3O6/c1-29-20(25)16(12-14-6-3-2-4-7-14)23-21(26)31-13-30-18-10-9-17(24(27)28)15-8-5-11-22-19(15)18;1-5-12(2)17(18(23)27-4)21(3)19(24)29-11-28-15-9-8-14(22(25)26)13-7-6-10-20-16(13)15;1-4-12(2)14(19(23)26-3)10-17(22)28-11-27-16-8-7-15(21(24)25)13-6-5-9-20-18(13)16;1-16(8-12(18)22-2)14(19)23-11-6-5-10(17(20)21)9-4-3-7-15-13(9)11/h2-11,16H,12-13H2,1H3,(H,23,26);6-10,12,17H,5,11H2,1-4H3;5-9,12,14H,4,10-11H2,1-3H3;3-7H,8H2,1-2H3/t16-;;;/m0.../s1. The molecule has 0 fully saturated rings. The van der Waals surface area contributed by atoms with Gasteiger partial charge in [0, 0.05) is 69.6 Å². The molecule has 3 amide bonds. The summed E-state index contributed by atoms with van der Waals surface area (Å²) in [7, 11) is 7.77. The SMILES string of the molecule is CCC(C)C(C(=O)OC)N(C)C(=O)OCOc1ccc([N+](=O)[O-])c2cccnc12.CCC(C)C(CC(=O)OCOc1ccc([N+](=O)[O-])c2cccnc12)C(=O)OC.COC(=O)CN(C)C(=O)Oc1ccc([N+](=O)[O-])c2cccnc12.COC(=O)[C@H](Cc1ccccc1)NC(=O)OCOc1ccc([N+](=O)[O-])c2cccnc12. The number of nitrogens with one attached hydrogen (secondary N) is 1. The molecule has 1 N–H and O–H groups in total. The fraction of sp³-hybridized carbons (Fsp3) is 0.315. The number of likely N-dealkylation sites (N-methyl/N-ethyl adjacent to an activating group) is 2. The molecule has 586 valence electrons. The fourth-order valence-corrected chi connectivity index (χ4v) is 10.4. The third-order valence-corrected chi connectivity index (χ3v) is 16.6. The molecule has 38 heteroatoms. The first kappa shape index (κ1) is 85.8. The largest absolute Gasteiger partial charge is 0.469 e. The summed E-state index contributed by atoms with van der Waals surface area (Å²) in [4.78, 5) is 156. The lowest BCUT2D eigenvalue weighted by Crippen LogP contribution is -2.47. The monoisotopic (exact) mass is 1540 g/mol. The quantitative estimate of drug-likeness (QED) is 0.0150. The predicted molar refractivity (Wildman–Crippen MR) is 391 cm³/mol. The summed E-state index contributed by atoms with van der Waals surface area (Å²) in [6.45, 7) is 5.87. The van der Waals surface area contributed by atoms with Crippen molar-refractivity contribution in [3.63, 3.8) is 0 Å². The number of nitro groups is 4. The molecule has 5 aromatic carbocycles. The van der Waals surface area contributed by atoms with E-state index in [1.807, 2.05) is 58.0 Å². The molecule has 0 spiro atoms. The molecule has 9 rings (SSSR count). The van der Waals surface area contributed by atoms with Crippen LogP contribution in [0.2, 0.25) is 0 Å². The van der Waals surface area contributed by atoms with Crippen molar-refractivity contribution in [2.45, 2.75) is 65.5 Å². The average molecular weight is 1540 g/mol. The van der Waals surface area contributed by atoms with E-state index in [2.05, 4.69) is 30.0 Å². The van der Waals surface area contributed by atoms with Crippen LogP contribution >= 0.6 is 0 Å². The first-order valence-corrected chi connectivity index (χ1v) is 33.4. The Morgan fingerprint density at radius 1 is 0.450 bits per heavy atom. The van der Waals surface area contributed by atoms with E-state index in [0.717, 1.165) is 15.4 Å². The van der Waals surface area contributed by atoms with Crippen LogP contribution in [-0.4, -0.2) is 179 Å². The number of methoxy groups -OCH3 is 4. The number of pyridine rings is 4. The number of amides is 3. The minimum Gasteiger partial charge on any atom is -0.469 e. The first-order chi connectivity index (χ1) is 53.1. The Kier molecular flexibility index (Phi) is 32.7. The molecule has 0 bridgehead atoms. The lowest BCUT2D eigenvalue weighted by Gasteiger charge is -2.29. The zero-order chi connectivity index (χ0) is 81.4. The highest BCUT2D eigenvalue weighted by Crippen LogP contribution is 2.36. The highest BCUT2D eigenvalue weighted by atomic mass is 16.7. The van der Waals surface area contributed by atoms with Gasteiger partial charge < -0.3 is 57.4 Å².